The summed E-state index contributed by atoms with van der Waals surface area (Å²) < 4.78 is 0. The van der Waals surface area contributed by atoms with Gasteiger partial charge in [0.15, 0.2) is 0 Å². The molecule has 0 aromatic heterocycles. The molecule has 0 saturated carbocycles. The van der Waals surface area contributed by atoms with Crippen molar-refractivity contribution in [3.05, 3.63) is 0 Å². The van der Waals surface area contributed by atoms with Gasteiger partial charge in [-0.2, -0.15) is 0 Å². The fourth-order valence-electron chi connectivity index (χ4n) is 1.64. The number of carbonyl (C=O) groups excluding carboxylic acids is 1. The number of hydrogen-bond donors (Lipinski definition) is 1. The van der Waals surface area contributed by atoms with E-state index >= 15 is 0 Å². The molecule has 0 spiro atoms. The van der Waals surface area contributed by atoms with Gasteiger partial charge in [0.1, 0.15) is 0 Å². The van der Waals surface area contributed by atoms with E-state index in [0.717, 1.165) is 32.4 Å². The molecule has 1 amide bonds. The summed E-state index contributed by atoms with van der Waals surface area (Å²) in [6.45, 7) is 3.99. The largest absolute Gasteiger partial charge is 0.396 e. The van der Waals surface area contributed by atoms with E-state index in [2.05, 4.69) is 15.9 Å². The van der Waals surface area contributed by atoms with Gasteiger partial charge >= 0.3 is 0 Å². The lowest BCUT2D eigenvalue weighted by molar-refractivity contribution is -0.127. The Kier molecular flexibility index (Phi) is 4.89. The Balaban J connectivity index is 2.16. The average molecular weight is 264 g/mol. The van der Waals surface area contributed by atoms with Crippen LogP contribution in [0.15, 0.2) is 0 Å². The van der Waals surface area contributed by atoms with Crippen LogP contribution in [0.3, 0.4) is 0 Å². The van der Waals surface area contributed by atoms with Gasteiger partial charge in [0, 0.05) is 19.7 Å². The van der Waals surface area contributed by atoms with E-state index in [9.17, 15) is 4.79 Å². The molecule has 0 aromatic rings. The zero-order chi connectivity index (χ0) is 10.6. The zero-order valence-electron chi connectivity index (χ0n) is 8.58. The Morgan fingerprint density at radius 1 is 1.71 bits per heavy atom. The number of halogens is 1. The lowest BCUT2D eigenvalue weighted by Gasteiger charge is -2.16. The van der Waals surface area contributed by atoms with E-state index in [-0.39, 0.29) is 17.3 Å². The molecular weight excluding hydrogens is 246 g/mol. The molecular formula is C10H18BrNO2. The highest BCUT2D eigenvalue weighted by atomic mass is 79.9. The molecule has 1 aliphatic heterocycles. The van der Waals surface area contributed by atoms with Crippen LogP contribution in [-0.4, -0.2) is 40.4 Å². The first-order valence-electron chi connectivity index (χ1n) is 5.19. The summed E-state index contributed by atoms with van der Waals surface area (Å²) in [7, 11) is 0. The average Bonchev–Trinajstić information content (AvgIpc) is 2.49. The van der Waals surface area contributed by atoms with Gasteiger partial charge in [-0.1, -0.05) is 22.9 Å². The standard InChI is InChI=1S/C10H18BrNO2/c1-8(7-13)3-2-5-12-6-4-9(11)10(12)14/h8-9,13H,2-7H2,1H3. The third-order valence-corrected chi connectivity index (χ3v) is 3.52. The van der Waals surface area contributed by atoms with Crippen molar-refractivity contribution in [3.8, 4) is 0 Å². The van der Waals surface area contributed by atoms with Crippen molar-refractivity contribution < 1.29 is 9.90 Å². The van der Waals surface area contributed by atoms with E-state index in [1.165, 1.54) is 0 Å². The first kappa shape index (κ1) is 12.0. The Labute approximate surface area is 93.6 Å². The summed E-state index contributed by atoms with van der Waals surface area (Å²) in [5.74, 6) is 0.578. The zero-order valence-corrected chi connectivity index (χ0v) is 10.2. The molecule has 14 heavy (non-hydrogen) atoms. The third kappa shape index (κ3) is 3.24. The summed E-state index contributed by atoms with van der Waals surface area (Å²) in [5, 5.41) is 8.83. The SMILES string of the molecule is CC(CO)CCCN1CCC(Br)C1=O. The van der Waals surface area contributed by atoms with Crippen LogP contribution < -0.4 is 0 Å². The van der Waals surface area contributed by atoms with E-state index in [0.29, 0.717) is 5.92 Å². The molecule has 1 heterocycles. The lowest BCUT2D eigenvalue weighted by Crippen LogP contribution is -2.28. The van der Waals surface area contributed by atoms with Crippen molar-refractivity contribution >= 4 is 21.8 Å². The smallest absolute Gasteiger partial charge is 0.236 e. The van der Waals surface area contributed by atoms with Gasteiger partial charge in [0.05, 0.1) is 4.83 Å². The molecule has 1 rings (SSSR count). The Bertz CT molecular complexity index is 199. The van der Waals surface area contributed by atoms with Crippen LogP contribution in [-0.2, 0) is 4.79 Å². The maximum atomic E-state index is 11.5. The summed E-state index contributed by atoms with van der Waals surface area (Å²) in [5.41, 5.74) is 0. The number of nitrogens with zero attached hydrogens (tertiary/aromatic N) is 1. The van der Waals surface area contributed by atoms with Crippen LogP contribution in [0, 0.1) is 5.92 Å². The molecule has 0 bridgehead atoms. The number of hydrogen-bond acceptors (Lipinski definition) is 2. The number of carbonyl (C=O) groups is 1. The summed E-state index contributed by atoms with van der Waals surface area (Å²) in [6.07, 6.45) is 2.91. The fourth-order valence-corrected chi connectivity index (χ4v) is 2.14. The Morgan fingerprint density at radius 3 is 2.93 bits per heavy atom. The van der Waals surface area contributed by atoms with Gasteiger partial charge in [-0.3, -0.25) is 4.79 Å². The van der Waals surface area contributed by atoms with E-state index < -0.39 is 0 Å². The number of alkyl halides is 1. The fraction of sp³-hybridized carbons (Fsp3) is 0.900. The van der Waals surface area contributed by atoms with Crippen molar-refractivity contribution in [3.63, 3.8) is 0 Å². The Hall–Kier alpha value is -0.0900. The van der Waals surface area contributed by atoms with E-state index in [1.54, 1.807) is 0 Å². The summed E-state index contributed by atoms with van der Waals surface area (Å²) in [6, 6.07) is 0. The Morgan fingerprint density at radius 2 is 2.43 bits per heavy atom. The highest BCUT2D eigenvalue weighted by Crippen LogP contribution is 2.19. The molecule has 1 fully saturated rings. The normalized spacial score (nSPS) is 24.4. The minimum atomic E-state index is 0.0396. The van der Waals surface area contributed by atoms with Gasteiger partial charge in [-0.25, -0.2) is 0 Å². The molecule has 3 nitrogen and oxygen atoms in total. The highest BCUT2D eigenvalue weighted by molar-refractivity contribution is 9.10. The van der Waals surface area contributed by atoms with Gasteiger partial charge in [-0.15, -0.1) is 0 Å². The first-order chi connectivity index (χ1) is 6.65. The van der Waals surface area contributed by atoms with Crippen molar-refractivity contribution in [2.45, 2.75) is 31.0 Å². The molecule has 0 aliphatic carbocycles. The third-order valence-electron chi connectivity index (χ3n) is 2.67. The van der Waals surface area contributed by atoms with Crippen LogP contribution in [0.4, 0.5) is 0 Å². The molecule has 0 aromatic carbocycles. The maximum absolute atomic E-state index is 11.5. The molecule has 2 atom stereocenters. The second-order valence-electron chi connectivity index (χ2n) is 4.01. The molecule has 2 unspecified atom stereocenters. The van der Waals surface area contributed by atoms with Crippen molar-refractivity contribution in [1.82, 2.24) is 4.90 Å². The molecule has 0 radical (unpaired) electrons. The quantitative estimate of drug-likeness (QED) is 0.762. The van der Waals surface area contributed by atoms with Crippen molar-refractivity contribution in [2.75, 3.05) is 19.7 Å². The van der Waals surface area contributed by atoms with Gasteiger partial charge in [0.2, 0.25) is 5.91 Å². The van der Waals surface area contributed by atoms with Gasteiger partial charge in [0.25, 0.3) is 0 Å². The monoisotopic (exact) mass is 263 g/mol. The van der Waals surface area contributed by atoms with Crippen LogP contribution in [0.25, 0.3) is 0 Å². The van der Waals surface area contributed by atoms with Gasteiger partial charge < -0.3 is 10.0 Å². The van der Waals surface area contributed by atoms with E-state index in [4.69, 9.17) is 5.11 Å². The van der Waals surface area contributed by atoms with Crippen molar-refractivity contribution in [1.29, 1.82) is 0 Å². The lowest BCUT2D eigenvalue weighted by atomic mass is 10.1. The summed E-state index contributed by atoms with van der Waals surface area (Å²) in [4.78, 5) is 13.4. The molecule has 1 saturated heterocycles. The van der Waals surface area contributed by atoms with Crippen LogP contribution in [0.2, 0.25) is 0 Å². The number of aliphatic hydroxyl groups is 1. The topological polar surface area (TPSA) is 40.5 Å². The van der Waals surface area contributed by atoms with Crippen LogP contribution in [0.1, 0.15) is 26.2 Å². The summed E-state index contributed by atoms with van der Waals surface area (Å²) >= 11 is 3.35. The minimum absolute atomic E-state index is 0.0396. The maximum Gasteiger partial charge on any atom is 0.236 e. The molecule has 82 valence electrons. The number of rotatable bonds is 5. The van der Waals surface area contributed by atoms with Crippen LogP contribution >= 0.6 is 15.9 Å². The predicted molar refractivity (Wildman–Crippen MR) is 59.4 cm³/mol. The number of amides is 1. The van der Waals surface area contributed by atoms with Crippen LogP contribution in [0.5, 0.6) is 0 Å². The second-order valence-corrected chi connectivity index (χ2v) is 5.12. The molecule has 1 aliphatic rings. The van der Waals surface area contributed by atoms with E-state index in [1.807, 2.05) is 11.8 Å². The number of likely N-dealkylation sites (tertiary alicyclic amines) is 1. The van der Waals surface area contributed by atoms with Gasteiger partial charge in [-0.05, 0) is 25.2 Å². The predicted octanol–water partition coefficient (Wildman–Crippen LogP) is 1.39. The number of aliphatic hydroxyl groups excluding tert-OH is 1. The molecule has 1 N–H and O–H groups in total. The van der Waals surface area contributed by atoms with Crippen molar-refractivity contribution in [2.24, 2.45) is 5.92 Å². The molecule has 4 heteroatoms. The minimum Gasteiger partial charge on any atom is -0.396 e. The highest BCUT2D eigenvalue weighted by Gasteiger charge is 2.28. The first-order valence-corrected chi connectivity index (χ1v) is 6.10. The second kappa shape index (κ2) is 5.71.